The van der Waals surface area contributed by atoms with Crippen LogP contribution in [0.25, 0.3) is 11.1 Å². The Hall–Kier alpha value is -2.06. The molecule has 2 aliphatic rings. The first-order chi connectivity index (χ1) is 16.7. The molecule has 0 spiro atoms. The van der Waals surface area contributed by atoms with Crippen molar-refractivity contribution < 1.29 is 23.7 Å². The number of aliphatic hydroxyl groups excluding tert-OH is 2. The molecule has 2 aromatic rings. The molecule has 2 heterocycles. The van der Waals surface area contributed by atoms with E-state index in [2.05, 4.69) is 4.90 Å². The molecule has 7 heteroatoms. The highest BCUT2D eigenvalue weighted by molar-refractivity contribution is 5.64. The van der Waals surface area contributed by atoms with Gasteiger partial charge in [-0.25, -0.2) is 8.78 Å². The molecule has 5 nitrogen and oxygen atoms in total. The summed E-state index contributed by atoms with van der Waals surface area (Å²) in [6.07, 6.45) is 2.93. The van der Waals surface area contributed by atoms with Crippen LogP contribution in [0.3, 0.4) is 0 Å². The molecule has 2 aliphatic heterocycles. The zero-order chi connectivity index (χ0) is 25.0. The first kappa shape index (κ1) is 26.0. The number of aliphatic hydroxyl groups is 2. The van der Waals surface area contributed by atoms with Crippen LogP contribution in [-0.2, 0) is 0 Å². The molecule has 2 saturated heterocycles. The number of ether oxygens (including phenoxy) is 1. The lowest BCUT2D eigenvalue weighted by molar-refractivity contribution is -0.0203. The van der Waals surface area contributed by atoms with E-state index in [1.807, 2.05) is 35.2 Å². The quantitative estimate of drug-likeness (QED) is 0.532. The van der Waals surface area contributed by atoms with Gasteiger partial charge in [0, 0.05) is 19.1 Å². The molecule has 0 aromatic heterocycles. The second-order valence-corrected chi connectivity index (χ2v) is 10.6. The highest BCUT2D eigenvalue weighted by Gasteiger charge is 2.30. The summed E-state index contributed by atoms with van der Waals surface area (Å²) in [6.45, 7) is 6.59. The largest absolute Gasteiger partial charge is 0.490 e. The maximum atomic E-state index is 14.8. The smallest absolute Gasteiger partial charge is 0.165 e. The average molecular weight is 489 g/mol. The molecule has 1 unspecified atom stereocenters. The van der Waals surface area contributed by atoms with Crippen molar-refractivity contribution in [2.75, 3.05) is 39.4 Å². The van der Waals surface area contributed by atoms with Crippen LogP contribution in [0.5, 0.6) is 5.75 Å². The van der Waals surface area contributed by atoms with Crippen molar-refractivity contribution in [3.8, 4) is 16.9 Å². The number of piperidine rings is 1. The van der Waals surface area contributed by atoms with Gasteiger partial charge in [-0.1, -0.05) is 30.3 Å². The molecule has 4 rings (SSSR count). The average Bonchev–Trinajstić information content (AvgIpc) is 3.32. The lowest BCUT2D eigenvalue weighted by Crippen LogP contribution is -2.41. The van der Waals surface area contributed by atoms with Crippen molar-refractivity contribution >= 4 is 0 Å². The fourth-order valence-corrected chi connectivity index (χ4v) is 5.26. The Kier molecular flexibility index (Phi) is 8.42. The van der Waals surface area contributed by atoms with Gasteiger partial charge in [0.05, 0.1) is 13.2 Å². The topological polar surface area (TPSA) is 56.2 Å². The van der Waals surface area contributed by atoms with E-state index in [1.165, 1.54) is 6.07 Å². The maximum Gasteiger partial charge on any atom is 0.165 e. The van der Waals surface area contributed by atoms with Crippen LogP contribution in [0.15, 0.2) is 42.5 Å². The highest BCUT2D eigenvalue weighted by Crippen LogP contribution is 2.31. The minimum absolute atomic E-state index is 0.0128. The van der Waals surface area contributed by atoms with E-state index in [1.54, 1.807) is 19.9 Å². The summed E-state index contributed by atoms with van der Waals surface area (Å²) in [4.78, 5) is 4.07. The number of hydrogen-bond acceptors (Lipinski definition) is 5. The minimum Gasteiger partial charge on any atom is -0.490 e. The second kappa shape index (κ2) is 11.3. The summed E-state index contributed by atoms with van der Waals surface area (Å²) in [5.41, 5.74) is 1.17. The van der Waals surface area contributed by atoms with Crippen LogP contribution < -0.4 is 4.74 Å². The van der Waals surface area contributed by atoms with E-state index in [0.29, 0.717) is 19.1 Å². The minimum atomic E-state index is -1.19. The molecule has 2 atom stereocenters. The summed E-state index contributed by atoms with van der Waals surface area (Å²) in [7, 11) is 0. The van der Waals surface area contributed by atoms with Crippen LogP contribution in [0.4, 0.5) is 8.78 Å². The van der Waals surface area contributed by atoms with Gasteiger partial charge in [-0.15, -0.1) is 0 Å². The van der Waals surface area contributed by atoms with Crippen LogP contribution in [0, 0.1) is 11.7 Å². The van der Waals surface area contributed by atoms with Crippen molar-refractivity contribution in [1.29, 1.82) is 0 Å². The molecule has 0 aliphatic carbocycles. The number of rotatable bonds is 9. The van der Waals surface area contributed by atoms with Gasteiger partial charge in [0.1, 0.15) is 11.9 Å². The third kappa shape index (κ3) is 6.79. The molecular weight excluding hydrogens is 450 g/mol. The number of alkyl halides is 1. The third-order valence-corrected chi connectivity index (χ3v) is 7.20. The number of halogens is 2. The molecule has 2 N–H and O–H groups in total. The fourth-order valence-electron chi connectivity index (χ4n) is 5.26. The third-order valence-electron chi connectivity index (χ3n) is 7.20. The zero-order valence-corrected chi connectivity index (χ0v) is 20.8. The Bertz CT molecular complexity index is 956. The Morgan fingerprint density at radius 1 is 1.03 bits per heavy atom. The van der Waals surface area contributed by atoms with Crippen molar-refractivity contribution in [3.63, 3.8) is 0 Å². The summed E-state index contributed by atoms with van der Waals surface area (Å²) in [6, 6.07) is 12.4. The molecule has 0 radical (unpaired) electrons. The Morgan fingerprint density at radius 2 is 1.71 bits per heavy atom. The van der Waals surface area contributed by atoms with Crippen molar-refractivity contribution in [2.24, 2.45) is 5.92 Å². The van der Waals surface area contributed by atoms with Gasteiger partial charge in [0.15, 0.2) is 11.6 Å². The molecule has 2 fully saturated rings. The van der Waals surface area contributed by atoms with E-state index < -0.39 is 17.7 Å². The van der Waals surface area contributed by atoms with E-state index >= 15 is 0 Å². The normalized spacial score (nSPS) is 21.4. The number of nitrogens with zero attached hydrogens (tertiary/aromatic N) is 2. The van der Waals surface area contributed by atoms with Gasteiger partial charge < -0.3 is 19.8 Å². The van der Waals surface area contributed by atoms with E-state index in [4.69, 9.17) is 4.74 Å². The zero-order valence-electron chi connectivity index (χ0n) is 20.8. The van der Waals surface area contributed by atoms with Crippen molar-refractivity contribution in [2.45, 2.75) is 57.5 Å². The predicted octanol–water partition coefficient (Wildman–Crippen LogP) is 4.78. The maximum absolute atomic E-state index is 14.8. The van der Waals surface area contributed by atoms with Crippen molar-refractivity contribution in [1.82, 2.24) is 9.80 Å². The SMILES string of the molecule is CC(C)(F)CN1CCC(COc2ccc(-c3ccc(C(O)N4CCC[C@@H]4CO)cc3)cc2F)CC1. The summed E-state index contributed by atoms with van der Waals surface area (Å²) in [5, 5.41) is 20.2. The summed E-state index contributed by atoms with van der Waals surface area (Å²) >= 11 is 0. The Balaban J connectivity index is 1.31. The number of benzene rings is 2. The van der Waals surface area contributed by atoms with Crippen molar-refractivity contribution in [3.05, 3.63) is 53.8 Å². The van der Waals surface area contributed by atoms with Gasteiger partial charge in [-0.3, -0.25) is 4.90 Å². The molecule has 35 heavy (non-hydrogen) atoms. The molecule has 0 saturated carbocycles. The second-order valence-electron chi connectivity index (χ2n) is 10.6. The standard InChI is InChI=1S/C28H38F2N2O3/c1-28(2,30)19-31-14-11-20(12-15-31)18-35-26-10-9-23(16-25(26)29)21-5-7-22(8-6-21)27(34)32-13-3-4-24(32)17-33/h5-10,16,20,24,27,33-34H,3-4,11-15,17-19H2,1-2H3/t24-,27?/m1/s1. The Labute approximate surface area is 207 Å². The molecular formula is C28H38F2N2O3. The molecule has 2 aromatic carbocycles. The molecule has 0 amide bonds. The monoisotopic (exact) mass is 488 g/mol. The van der Waals surface area contributed by atoms with Crippen LogP contribution in [0.2, 0.25) is 0 Å². The molecule has 0 bridgehead atoms. The molecule has 192 valence electrons. The number of hydrogen-bond donors (Lipinski definition) is 2. The highest BCUT2D eigenvalue weighted by atomic mass is 19.1. The van der Waals surface area contributed by atoms with Gasteiger partial charge in [-0.05, 0) is 87.4 Å². The van der Waals surface area contributed by atoms with E-state index in [9.17, 15) is 19.0 Å². The van der Waals surface area contributed by atoms with Crippen LogP contribution in [0.1, 0.15) is 51.3 Å². The predicted molar refractivity (Wildman–Crippen MR) is 133 cm³/mol. The van der Waals surface area contributed by atoms with Gasteiger partial charge >= 0.3 is 0 Å². The Morgan fingerprint density at radius 3 is 2.34 bits per heavy atom. The van der Waals surface area contributed by atoms with Crippen LogP contribution >= 0.6 is 0 Å². The van der Waals surface area contributed by atoms with Gasteiger partial charge in [-0.2, -0.15) is 0 Å². The van der Waals surface area contributed by atoms with Crippen LogP contribution in [-0.4, -0.2) is 71.1 Å². The lowest BCUT2D eigenvalue weighted by Gasteiger charge is -2.34. The summed E-state index contributed by atoms with van der Waals surface area (Å²) in [5.74, 6) is 0.191. The lowest BCUT2D eigenvalue weighted by atomic mass is 9.97. The first-order valence-electron chi connectivity index (χ1n) is 12.7. The van der Waals surface area contributed by atoms with E-state index in [-0.39, 0.29) is 18.4 Å². The first-order valence-corrected chi connectivity index (χ1v) is 12.7. The summed E-state index contributed by atoms with van der Waals surface area (Å²) < 4.78 is 34.4. The number of likely N-dealkylation sites (tertiary alicyclic amines) is 2. The van der Waals surface area contributed by atoms with Gasteiger partial charge in [0.25, 0.3) is 0 Å². The fraction of sp³-hybridized carbons (Fsp3) is 0.571. The van der Waals surface area contributed by atoms with Gasteiger partial charge in [0.2, 0.25) is 0 Å². The van der Waals surface area contributed by atoms with E-state index in [0.717, 1.165) is 62.0 Å².